The van der Waals surface area contributed by atoms with Crippen molar-refractivity contribution in [3.05, 3.63) is 34.7 Å². The Morgan fingerprint density at radius 3 is 2.33 bits per heavy atom. The number of carbonyl (C=O) groups excluding carboxylic acids is 2. The Hall–Kier alpha value is -2.77. The number of carbonyl (C=O) groups is 3. The van der Waals surface area contributed by atoms with Crippen LogP contribution < -0.4 is 4.74 Å². The Bertz CT molecular complexity index is 714. The summed E-state index contributed by atoms with van der Waals surface area (Å²) < 4.78 is 10.0. The second-order valence-electron chi connectivity index (χ2n) is 6.65. The molecule has 0 spiro atoms. The van der Waals surface area contributed by atoms with Crippen LogP contribution in [0, 0.1) is 16.2 Å². The van der Waals surface area contributed by atoms with Gasteiger partial charge in [-0.05, 0) is 43.9 Å². The summed E-state index contributed by atoms with van der Waals surface area (Å²) in [5.41, 5.74) is -1.34. The van der Waals surface area contributed by atoms with Crippen molar-refractivity contribution in [2.24, 2.45) is 16.5 Å². The first kappa shape index (κ1) is 20.5. The van der Waals surface area contributed by atoms with Gasteiger partial charge >= 0.3 is 11.9 Å². The molecule has 0 aromatic heterocycles. The van der Waals surface area contributed by atoms with E-state index in [1.165, 1.54) is 14.0 Å². The molecule has 4 atom stereocenters. The topological polar surface area (TPSA) is 119 Å². The molecule has 8 heteroatoms. The van der Waals surface area contributed by atoms with E-state index in [-0.39, 0.29) is 19.4 Å². The molecule has 0 aliphatic heterocycles. The zero-order chi connectivity index (χ0) is 20.2. The highest BCUT2D eigenvalue weighted by Gasteiger charge is 2.62. The van der Waals surface area contributed by atoms with Crippen molar-refractivity contribution < 1.29 is 29.0 Å². The van der Waals surface area contributed by atoms with E-state index in [2.05, 4.69) is 5.18 Å². The van der Waals surface area contributed by atoms with Crippen LogP contribution in [0.1, 0.15) is 38.2 Å². The first-order chi connectivity index (χ1) is 12.8. The summed E-state index contributed by atoms with van der Waals surface area (Å²) in [6.07, 6.45) is -0.317. The molecule has 27 heavy (non-hydrogen) atoms. The molecule has 0 bridgehead atoms. The van der Waals surface area contributed by atoms with Gasteiger partial charge in [0.15, 0.2) is 0 Å². The summed E-state index contributed by atoms with van der Waals surface area (Å²) in [4.78, 5) is 48.2. The number of nitrogens with zero attached hydrogens (tertiary/aromatic N) is 1. The lowest BCUT2D eigenvalue weighted by Gasteiger charge is -2.30. The fraction of sp³-hybridized carbons (Fsp3) is 0.526. The largest absolute Gasteiger partial charge is 0.497 e. The highest BCUT2D eigenvalue weighted by molar-refractivity contribution is 6.03. The number of aliphatic carboxylic acids is 1. The summed E-state index contributed by atoms with van der Waals surface area (Å²) in [6, 6.07) is 5.46. The number of hydrogen-bond acceptors (Lipinski definition) is 7. The molecule has 0 unspecified atom stereocenters. The lowest BCUT2D eigenvalue weighted by atomic mass is 9.71. The van der Waals surface area contributed by atoms with Gasteiger partial charge in [-0.15, -0.1) is 0 Å². The van der Waals surface area contributed by atoms with Gasteiger partial charge in [0.1, 0.15) is 23.0 Å². The first-order valence-corrected chi connectivity index (χ1v) is 8.68. The van der Waals surface area contributed by atoms with Crippen molar-refractivity contribution in [2.75, 3.05) is 13.7 Å². The van der Waals surface area contributed by atoms with Crippen molar-refractivity contribution in [2.45, 2.75) is 38.6 Å². The van der Waals surface area contributed by atoms with E-state index in [4.69, 9.17) is 9.47 Å². The number of hydrogen-bond donors (Lipinski definition) is 1. The Kier molecular flexibility index (Phi) is 6.30. The number of rotatable bonds is 8. The van der Waals surface area contributed by atoms with Crippen LogP contribution in [0.3, 0.4) is 0 Å². The molecular formula is C19H23NO7. The van der Waals surface area contributed by atoms with E-state index in [9.17, 15) is 24.4 Å². The number of ether oxygens (including phenoxy) is 2. The predicted octanol–water partition coefficient (Wildman–Crippen LogP) is 2.55. The van der Waals surface area contributed by atoms with Crippen molar-refractivity contribution in [1.29, 1.82) is 0 Å². The second kappa shape index (κ2) is 8.28. The Morgan fingerprint density at radius 1 is 1.26 bits per heavy atom. The quantitative estimate of drug-likeness (QED) is 0.420. The van der Waals surface area contributed by atoms with Gasteiger partial charge in [0.05, 0.1) is 20.1 Å². The molecule has 8 nitrogen and oxygen atoms in total. The van der Waals surface area contributed by atoms with Crippen LogP contribution in [0.15, 0.2) is 29.4 Å². The maximum Gasteiger partial charge on any atom is 0.317 e. The third-order valence-corrected chi connectivity index (χ3v) is 5.28. The highest BCUT2D eigenvalue weighted by Crippen LogP contribution is 2.55. The molecule has 0 saturated heterocycles. The van der Waals surface area contributed by atoms with Crippen LogP contribution in [0.5, 0.6) is 5.75 Å². The maximum atomic E-state index is 12.5. The molecule has 1 saturated carbocycles. The molecule has 0 heterocycles. The van der Waals surface area contributed by atoms with Gasteiger partial charge in [0, 0.05) is 5.92 Å². The molecule has 1 aromatic carbocycles. The second-order valence-corrected chi connectivity index (χ2v) is 6.65. The summed E-state index contributed by atoms with van der Waals surface area (Å²) in [5.74, 6) is -3.57. The molecular weight excluding hydrogens is 354 g/mol. The van der Waals surface area contributed by atoms with E-state index in [1.54, 1.807) is 31.2 Å². The lowest BCUT2D eigenvalue weighted by Crippen LogP contribution is -2.42. The van der Waals surface area contributed by atoms with Crippen molar-refractivity contribution in [3.63, 3.8) is 0 Å². The molecule has 1 aromatic rings. The monoisotopic (exact) mass is 377 g/mol. The van der Waals surface area contributed by atoms with Crippen molar-refractivity contribution >= 4 is 17.7 Å². The summed E-state index contributed by atoms with van der Waals surface area (Å²) in [5, 5.41) is 13.1. The van der Waals surface area contributed by atoms with Crippen LogP contribution in [-0.2, 0) is 19.1 Å². The number of carboxylic acid groups (broad SMARTS) is 1. The predicted molar refractivity (Wildman–Crippen MR) is 95.4 cm³/mol. The minimum atomic E-state index is -1.83. The van der Waals surface area contributed by atoms with E-state index >= 15 is 0 Å². The smallest absolute Gasteiger partial charge is 0.317 e. The van der Waals surface area contributed by atoms with Gasteiger partial charge in [-0.1, -0.05) is 17.3 Å². The summed E-state index contributed by atoms with van der Waals surface area (Å²) >= 11 is 0. The van der Waals surface area contributed by atoms with Crippen LogP contribution in [0.2, 0.25) is 0 Å². The van der Waals surface area contributed by atoms with Gasteiger partial charge in [-0.2, -0.15) is 4.91 Å². The zero-order valence-corrected chi connectivity index (χ0v) is 15.5. The number of benzene rings is 1. The van der Waals surface area contributed by atoms with E-state index in [0.29, 0.717) is 11.3 Å². The van der Waals surface area contributed by atoms with Crippen LogP contribution in [0.25, 0.3) is 0 Å². The van der Waals surface area contributed by atoms with E-state index in [1.807, 2.05) is 0 Å². The minimum Gasteiger partial charge on any atom is -0.497 e. The average molecular weight is 377 g/mol. The normalized spacial score (nSPS) is 27.0. The summed E-state index contributed by atoms with van der Waals surface area (Å²) in [6.45, 7) is 3.02. The molecule has 146 valence electrons. The molecule has 1 aliphatic rings. The fourth-order valence-corrected chi connectivity index (χ4v) is 4.03. The molecule has 1 fully saturated rings. The van der Waals surface area contributed by atoms with Gasteiger partial charge in [0.25, 0.3) is 0 Å². The molecule has 0 amide bonds. The molecule has 1 aliphatic carbocycles. The third-order valence-electron chi connectivity index (χ3n) is 5.28. The number of carboxylic acids is 1. The first-order valence-electron chi connectivity index (χ1n) is 8.68. The number of ketones is 1. The van der Waals surface area contributed by atoms with Crippen molar-refractivity contribution in [1.82, 2.24) is 0 Å². The van der Waals surface area contributed by atoms with Crippen LogP contribution in [0.4, 0.5) is 0 Å². The zero-order valence-electron chi connectivity index (χ0n) is 15.5. The van der Waals surface area contributed by atoms with Gasteiger partial charge < -0.3 is 14.6 Å². The highest BCUT2D eigenvalue weighted by atomic mass is 16.5. The fourth-order valence-electron chi connectivity index (χ4n) is 4.03. The Labute approximate surface area is 156 Å². The number of esters is 1. The van der Waals surface area contributed by atoms with Gasteiger partial charge in [0.2, 0.25) is 0 Å². The minimum absolute atomic E-state index is 0.149. The van der Waals surface area contributed by atoms with Crippen LogP contribution in [-0.4, -0.2) is 42.6 Å². The molecule has 1 N–H and O–H groups in total. The maximum absolute atomic E-state index is 12.5. The van der Waals surface area contributed by atoms with Crippen LogP contribution >= 0.6 is 0 Å². The summed E-state index contributed by atoms with van der Waals surface area (Å²) in [7, 11) is 1.49. The standard InChI is InChI=1S/C19H23NO7/c1-4-27-15(22)9-13-10-19(11(2)21,18(23)24)16(17(13)20-25)12-5-7-14(26-3)8-6-12/h5-8,13,16-17H,4,9-10H2,1-3H3,(H,23,24)/t13-,16+,17-,19+/m1/s1. The molecule has 0 radical (unpaired) electrons. The number of nitroso groups, excluding NO2 is 1. The lowest BCUT2D eigenvalue weighted by molar-refractivity contribution is -0.156. The van der Waals surface area contributed by atoms with Gasteiger partial charge in [-0.25, -0.2) is 0 Å². The van der Waals surface area contributed by atoms with Gasteiger partial charge in [-0.3, -0.25) is 14.4 Å². The van der Waals surface area contributed by atoms with E-state index in [0.717, 1.165) is 0 Å². The number of methoxy groups -OCH3 is 1. The average Bonchev–Trinajstić information content (AvgIpc) is 2.97. The SMILES string of the molecule is CCOC(=O)C[C@@H]1C[C@@](C(C)=O)(C(=O)O)[C@@H](c2ccc(OC)cc2)[C@@H]1N=O. The molecule has 2 rings (SSSR count). The number of Topliss-reactive ketones (excluding diaryl/α,β-unsaturated/α-hetero) is 1. The van der Waals surface area contributed by atoms with E-state index < -0.39 is 41.0 Å². The Morgan fingerprint density at radius 2 is 1.89 bits per heavy atom. The Balaban J connectivity index is 2.54. The third kappa shape index (κ3) is 3.70. The van der Waals surface area contributed by atoms with Crippen molar-refractivity contribution in [3.8, 4) is 5.75 Å².